The van der Waals surface area contributed by atoms with Crippen LogP contribution in [0.2, 0.25) is 0 Å². The van der Waals surface area contributed by atoms with Crippen LogP contribution < -0.4 is 0 Å². The van der Waals surface area contributed by atoms with Gasteiger partial charge in [-0.25, -0.2) is 13.1 Å². The van der Waals surface area contributed by atoms with Gasteiger partial charge in [0.2, 0.25) is 10.0 Å². The smallest absolute Gasteiger partial charge is 0.321 e. The van der Waals surface area contributed by atoms with E-state index in [2.05, 4.69) is 11.2 Å². The second-order valence-corrected chi connectivity index (χ2v) is 9.05. The largest absolute Gasteiger partial charge is 0.458 e. The Hall–Kier alpha value is -3.48. The number of carbonyl (C=O) groups is 1. The summed E-state index contributed by atoms with van der Waals surface area (Å²) in [6.45, 7) is 2.88. The topological polar surface area (TPSA) is 105 Å². The number of hydrogen-bond acceptors (Lipinski definition) is 6. The first kappa shape index (κ1) is 22.2. The molecule has 160 valence electrons. The van der Waals surface area contributed by atoms with Crippen LogP contribution in [-0.2, 0) is 26.2 Å². The first-order valence-electron chi connectivity index (χ1n) is 9.46. The molecule has 0 atom stereocenters. The molecule has 0 N–H and O–H groups in total. The highest BCUT2D eigenvalue weighted by atomic mass is 32.2. The molecule has 0 spiro atoms. The van der Waals surface area contributed by atoms with Gasteiger partial charge in [-0.1, -0.05) is 35.9 Å². The minimum atomic E-state index is -3.83. The van der Waals surface area contributed by atoms with Crippen molar-refractivity contribution in [1.29, 1.82) is 5.26 Å². The summed E-state index contributed by atoms with van der Waals surface area (Å²) in [5.74, 6) is -0.736. The van der Waals surface area contributed by atoms with Crippen LogP contribution in [0.25, 0.3) is 5.69 Å². The van der Waals surface area contributed by atoms with E-state index in [0.29, 0.717) is 17.0 Å². The molecule has 0 radical (unpaired) electrons. The predicted molar refractivity (Wildman–Crippen MR) is 114 cm³/mol. The average Bonchev–Trinajstić information content (AvgIpc) is 3.08. The third-order valence-electron chi connectivity index (χ3n) is 4.72. The number of aryl methyl sites for hydroxylation is 2. The molecule has 1 heterocycles. The average molecular weight is 439 g/mol. The number of ether oxygens (including phenoxy) is 1. The van der Waals surface area contributed by atoms with Crippen molar-refractivity contribution in [3.05, 3.63) is 77.1 Å². The van der Waals surface area contributed by atoms with Crippen LogP contribution >= 0.6 is 0 Å². The van der Waals surface area contributed by atoms with Crippen LogP contribution in [0.1, 0.15) is 22.5 Å². The van der Waals surface area contributed by atoms with Crippen molar-refractivity contribution in [3.8, 4) is 11.8 Å². The lowest BCUT2D eigenvalue weighted by molar-refractivity contribution is -0.145. The SMILES string of the molecule is Cc1ccc(S(=O)(=O)N(C)CC(=O)OCc2c(C#N)c(C)nn2-c2ccccc2)cc1. The van der Waals surface area contributed by atoms with E-state index in [0.717, 1.165) is 15.6 Å². The Morgan fingerprint density at radius 3 is 2.39 bits per heavy atom. The van der Waals surface area contributed by atoms with Crippen LogP contribution in [0.3, 0.4) is 0 Å². The van der Waals surface area contributed by atoms with Gasteiger partial charge in [-0.15, -0.1) is 0 Å². The maximum absolute atomic E-state index is 12.7. The molecule has 0 saturated carbocycles. The Labute approximate surface area is 181 Å². The number of rotatable bonds is 7. The Balaban J connectivity index is 1.74. The molecule has 8 nitrogen and oxygen atoms in total. The third-order valence-corrected chi connectivity index (χ3v) is 6.54. The van der Waals surface area contributed by atoms with E-state index in [9.17, 15) is 18.5 Å². The molecule has 0 amide bonds. The molecule has 0 bridgehead atoms. The summed E-state index contributed by atoms with van der Waals surface area (Å²) in [5.41, 5.74) is 2.90. The van der Waals surface area contributed by atoms with Crippen molar-refractivity contribution >= 4 is 16.0 Å². The number of nitriles is 1. The number of para-hydroxylation sites is 1. The summed E-state index contributed by atoms with van der Waals surface area (Å²) < 4.78 is 33.1. The molecule has 0 aliphatic carbocycles. The lowest BCUT2D eigenvalue weighted by Crippen LogP contribution is -2.33. The molecule has 3 aromatic rings. The molecular formula is C22H22N4O4S. The second kappa shape index (κ2) is 9.12. The van der Waals surface area contributed by atoms with Gasteiger partial charge in [0.25, 0.3) is 0 Å². The summed E-state index contributed by atoms with van der Waals surface area (Å²) in [6.07, 6.45) is 0. The van der Waals surface area contributed by atoms with Gasteiger partial charge in [0.1, 0.15) is 24.8 Å². The minimum absolute atomic E-state index is 0.0953. The van der Waals surface area contributed by atoms with Gasteiger partial charge in [0.05, 0.1) is 22.0 Å². The van der Waals surface area contributed by atoms with Crippen molar-refractivity contribution in [2.45, 2.75) is 25.3 Å². The maximum atomic E-state index is 12.7. The van der Waals surface area contributed by atoms with Crippen molar-refractivity contribution in [2.75, 3.05) is 13.6 Å². The zero-order valence-corrected chi connectivity index (χ0v) is 18.3. The molecule has 0 aliphatic rings. The van der Waals surface area contributed by atoms with Gasteiger partial charge < -0.3 is 4.74 Å². The van der Waals surface area contributed by atoms with Gasteiger partial charge in [-0.3, -0.25) is 4.79 Å². The molecule has 0 saturated heterocycles. The molecular weight excluding hydrogens is 416 g/mol. The number of benzene rings is 2. The van der Waals surface area contributed by atoms with E-state index < -0.39 is 22.5 Å². The molecule has 2 aromatic carbocycles. The number of nitrogens with zero attached hydrogens (tertiary/aromatic N) is 4. The molecule has 9 heteroatoms. The molecule has 0 unspecified atom stereocenters. The highest BCUT2D eigenvalue weighted by Gasteiger charge is 2.24. The third kappa shape index (κ3) is 4.82. The van der Waals surface area contributed by atoms with E-state index in [4.69, 9.17) is 4.74 Å². The summed E-state index contributed by atoms with van der Waals surface area (Å²) in [6, 6.07) is 17.6. The predicted octanol–water partition coefficient (Wildman–Crippen LogP) is 2.72. The van der Waals surface area contributed by atoms with Crippen LogP contribution in [0, 0.1) is 25.2 Å². The van der Waals surface area contributed by atoms with Gasteiger partial charge >= 0.3 is 5.97 Å². The Kier molecular flexibility index (Phi) is 6.53. The molecule has 31 heavy (non-hydrogen) atoms. The van der Waals surface area contributed by atoms with Crippen LogP contribution in [0.15, 0.2) is 59.5 Å². The van der Waals surface area contributed by atoms with E-state index in [1.54, 1.807) is 23.7 Å². The molecule has 0 fully saturated rings. The molecule has 1 aromatic heterocycles. The number of hydrogen-bond donors (Lipinski definition) is 0. The lowest BCUT2D eigenvalue weighted by atomic mass is 10.2. The Morgan fingerprint density at radius 1 is 1.13 bits per heavy atom. The fraction of sp³-hybridized carbons (Fsp3) is 0.227. The van der Waals surface area contributed by atoms with E-state index >= 15 is 0 Å². The van der Waals surface area contributed by atoms with E-state index in [1.807, 2.05) is 37.3 Å². The van der Waals surface area contributed by atoms with Gasteiger partial charge in [0, 0.05) is 7.05 Å². The second-order valence-electron chi connectivity index (χ2n) is 7.00. The first-order chi connectivity index (χ1) is 14.7. The molecule has 3 rings (SSSR count). The monoisotopic (exact) mass is 438 g/mol. The quantitative estimate of drug-likeness (QED) is 0.525. The minimum Gasteiger partial charge on any atom is -0.458 e. The summed E-state index contributed by atoms with van der Waals surface area (Å²) in [4.78, 5) is 12.5. The van der Waals surface area contributed by atoms with Crippen molar-refractivity contribution in [2.24, 2.45) is 0 Å². The summed E-state index contributed by atoms with van der Waals surface area (Å²) in [7, 11) is -2.52. The Morgan fingerprint density at radius 2 is 1.77 bits per heavy atom. The lowest BCUT2D eigenvalue weighted by Gasteiger charge is -2.17. The van der Waals surface area contributed by atoms with Crippen LogP contribution in [0.4, 0.5) is 0 Å². The van der Waals surface area contributed by atoms with Crippen LogP contribution in [-0.4, -0.2) is 42.1 Å². The van der Waals surface area contributed by atoms with Crippen molar-refractivity contribution in [3.63, 3.8) is 0 Å². The van der Waals surface area contributed by atoms with Crippen LogP contribution in [0.5, 0.6) is 0 Å². The first-order valence-corrected chi connectivity index (χ1v) is 10.9. The normalized spacial score (nSPS) is 11.3. The van der Waals surface area contributed by atoms with Crippen molar-refractivity contribution < 1.29 is 17.9 Å². The maximum Gasteiger partial charge on any atom is 0.321 e. The van der Waals surface area contributed by atoms with E-state index in [-0.39, 0.29) is 11.5 Å². The summed E-state index contributed by atoms with van der Waals surface area (Å²) >= 11 is 0. The number of sulfonamides is 1. The van der Waals surface area contributed by atoms with Crippen molar-refractivity contribution in [1.82, 2.24) is 14.1 Å². The fourth-order valence-corrected chi connectivity index (χ4v) is 4.10. The Bertz CT molecular complexity index is 1230. The standard InChI is InChI=1S/C22H22N4O4S/c1-16-9-11-19(12-10-16)31(28,29)25(3)14-22(27)30-15-21-20(13-23)17(2)24-26(21)18-7-5-4-6-8-18/h4-12H,14-15H2,1-3H3. The van der Waals surface area contributed by atoms with Gasteiger partial charge in [-0.2, -0.15) is 14.7 Å². The number of likely N-dealkylation sites (N-methyl/N-ethyl adjacent to an activating group) is 1. The number of esters is 1. The zero-order chi connectivity index (χ0) is 22.6. The van der Waals surface area contributed by atoms with Gasteiger partial charge in [-0.05, 0) is 38.1 Å². The zero-order valence-electron chi connectivity index (χ0n) is 17.4. The number of aromatic nitrogens is 2. The highest BCUT2D eigenvalue weighted by molar-refractivity contribution is 7.89. The summed E-state index contributed by atoms with van der Waals surface area (Å²) in [5, 5.41) is 13.9. The molecule has 0 aliphatic heterocycles. The fourth-order valence-electron chi connectivity index (χ4n) is 2.99. The van der Waals surface area contributed by atoms with E-state index in [1.165, 1.54) is 19.2 Å². The van der Waals surface area contributed by atoms with Gasteiger partial charge in [0.15, 0.2) is 0 Å². The highest BCUT2D eigenvalue weighted by Crippen LogP contribution is 2.19. The number of carbonyl (C=O) groups excluding carboxylic acids is 1.